The third-order valence-electron chi connectivity index (χ3n) is 2.43. The highest BCUT2D eigenvalue weighted by atomic mass is 16.5. The van der Waals surface area contributed by atoms with Crippen LogP contribution in [0.4, 0.5) is 0 Å². The molecule has 0 aromatic carbocycles. The van der Waals surface area contributed by atoms with Crippen LogP contribution in [0.25, 0.3) is 0 Å². The van der Waals surface area contributed by atoms with Crippen molar-refractivity contribution < 1.29 is 23.9 Å². The number of hydrogen-bond donors (Lipinski definition) is 0. The maximum absolute atomic E-state index is 11.3. The molecule has 0 saturated carbocycles. The predicted octanol–water partition coefficient (Wildman–Crippen LogP) is -0.120. The Hall–Kier alpha value is -1.85. The molecule has 1 atom stereocenters. The van der Waals surface area contributed by atoms with Gasteiger partial charge < -0.3 is 14.4 Å². The van der Waals surface area contributed by atoms with Crippen LogP contribution in [-0.2, 0) is 23.9 Å². The Balaban J connectivity index is 2.36. The van der Waals surface area contributed by atoms with Gasteiger partial charge in [0.25, 0.3) is 0 Å². The first kappa shape index (κ1) is 13.2. The van der Waals surface area contributed by atoms with Gasteiger partial charge in [-0.15, -0.1) is 0 Å². The number of carbonyl (C=O) groups is 3. The van der Waals surface area contributed by atoms with E-state index in [2.05, 4.69) is 4.74 Å². The van der Waals surface area contributed by atoms with E-state index in [1.165, 1.54) is 14.0 Å². The van der Waals surface area contributed by atoms with Crippen LogP contribution < -0.4 is 0 Å². The third-order valence-corrected chi connectivity index (χ3v) is 2.43. The molecule has 17 heavy (non-hydrogen) atoms. The molecule has 1 fully saturated rings. The molecule has 0 radical (unpaired) electrons. The Morgan fingerprint density at radius 2 is 1.88 bits per heavy atom. The lowest BCUT2D eigenvalue weighted by Crippen LogP contribution is -2.28. The Kier molecular flexibility index (Phi) is 4.68. The summed E-state index contributed by atoms with van der Waals surface area (Å²) in [7, 11) is 1.22. The molecule has 0 bridgehead atoms. The van der Waals surface area contributed by atoms with Gasteiger partial charge in [-0.1, -0.05) is 0 Å². The summed E-state index contributed by atoms with van der Waals surface area (Å²) in [5.41, 5.74) is 0. The minimum Gasteiger partial charge on any atom is -0.466 e. The quantitative estimate of drug-likeness (QED) is 0.508. The van der Waals surface area contributed by atoms with Crippen molar-refractivity contribution in [3.8, 4) is 0 Å². The van der Waals surface area contributed by atoms with Crippen molar-refractivity contribution >= 4 is 17.8 Å². The SMILES string of the molecule is COC(=O)/C=C/C(=O)O[C@@H]1CCN(C(C)=O)C1. The first-order valence-electron chi connectivity index (χ1n) is 5.25. The molecular formula is C11H15NO5. The maximum Gasteiger partial charge on any atom is 0.331 e. The summed E-state index contributed by atoms with van der Waals surface area (Å²) in [5, 5.41) is 0. The first-order valence-corrected chi connectivity index (χ1v) is 5.25. The van der Waals surface area contributed by atoms with Crippen molar-refractivity contribution in [2.75, 3.05) is 20.2 Å². The summed E-state index contributed by atoms with van der Waals surface area (Å²) >= 11 is 0. The van der Waals surface area contributed by atoms with Crippen LogP contribution in [0.1, 0.15) is 13.3 Å². The molecular weight excluding hydrogens is 226 g/mol. The van der Waals surface area contributed by atoms with Crippen LogP contribution in [0, 0.1) is 0 Å². The van der Waals surface area contributed by atoms with Crippen LogP contribution in [-0.4, -0.2) is 49.0 Å². The van der Waals surface area contributed by atoms with Crippen LogP contribution in [0.15, 0.2) is 12.2 Å². The van der Waals surface area contributed by atoms with E-state index in [0.29, 0.717) is 19.5 Å². The van der Waals surface area contributed by atoms with Crippen molar-refractivity contribution in [2.24, 2.45) is 0 Å². The molecule has 1 amide bonds. The highest BCUT2D eigenvalue weighted by Gasteiger charge is 2.26. The molecule has 0 aliphatic carbocycles. The second-order valence-electron chi connectivity index (χ2n) is 3.67. The number of likely N-dealkylation sites (tertiary alicyclic amines) is 1. The molecule has 6 heteroatoms. The van der Waals surface area contributed by atoms with Gasteiger partial charge in [0, 0.05) is 32.0 Å². The Morgan fingerprint density at radius 3 is 2.41 bits per heavy atom. The highest BCUT2D eigenvalue weighted by molar-refractivity contribution is 5.91. The molecule has 1 rings (SSSR count). The van der Waals surface area contributed by atoms with Crippen LogP contribution in [0.3, 0.4) is 0 Å². The molecule has 0 spiro atoms. The summed E-state index contributed by atoms with van der Waals surface area (Å²) < 4.78 is 9.39. The van der Waals surface area contributed by atoms with Gasteiger partial charge in [-0.05, 0) is 0 Å². The van der Waals surface area contributed by atoms with Crippen molar-refractivity contribution in [3.05, 3.63) is 12.2 Å². The minimum absolute atomic E-state index is 0.0337. The molecule has 1 saturated heterocycles. The number of hydrogen-bond acceptors (Lipinski definition) is 5. The minimum atomic E-state index is -0.612. The topological polar surface area (TPSA) is 72.9 Å². The number of rotatable bonds is 3. The predicted molar refractivity (Wildman–Crippen MR) is 57.9 cm³/mol. The molecule has 0 aromatic rings. The van der Waals surface area contributed by atoms with Gasteiger partial charge in [0.1, 0.15) is 6.10 Å². The fourth-order valence-corrected chi connectivity index (χ4v) is 1.52. The fourth-order valence-electron chi connectivity index (χ4n) is 1.52. The van der Waals surface area contributed by atoms with Crippen molar-refractivity contribution in [2.45, 2.75) is 19.4 Å². The largest absolute Gasteiger partial charge is 0.466 e. The summed E-state index contributed by atoms with van der Waals surface area (Å²) in [6.07, 6.45) is 2.34. The number of amides is 1. The van der Waals surface area contributed by atoms with E-state index in [0.717, 1.165) is 12.2 Å². The van der Waals surface area contributed by atoms with Crippen molar-refractivity contribution in [1.82, 2.24) is 4.90 Å². The van der Waals surface area contributed by atoms with Gasteiger partial charge in [0.15, 0.2) is 0 Å². The smallest absolute Gasteiger partial charge is 0.331 e. The van der Waals surface area contributed by atoms with Gasteiger partial charge in [-0.2, -0.15) is 0 Å². The average Bonchev–Trinajstić information content (AvgIpc) is 2.74. The average molecular weight is 241 g/mol. The highest BCUT2D eigenvalue weighted by Crippen LogP contribution is 2.12. The van der Waals surface area contributed by atoms with Crippen LogP contribution >= 0.6 is 0 Å². The van der Waals surface area contributed by atoms with E-state index in [1.54, 1.807) is 4.90 Å². The van der Waals surface area contributed by atoms with Gasteiger partial charge in [0.2, 0.25) is 5.91 Å². The first-order chi connectivity index (χ1) is 8.02. The van der Waals surface area contributed by atoms with Crippen molar-refractivity contribution in [3.63, 3.8) is 0 Å². The normalized spacial score (nSPS) is 19.4. The second kappa shape index (κ2) is 6.03. The molecule has 94 valence electrons. The zero-order chi connectivity index (χ0) is 12.8. The van der Waals surface area contributed by atoms with Gasteiger partial charge in [-0.3, -0.25) is 4.79 Å². The lowest BCUT2D eigenvalue weighted by molar-refractivity contribution is -0.144. The Bertz CT molecular complexity index is 350. The van der Waals surface area contributed by atoms with E-state index in [-0.39, 0.29) is 12.0 Å². The van der Waals surface area contributed by atoms with E-state index >= 15 is 0 Å². The maximum atomic E-state index is 11.3. The third kappa shape index (κ3) is 4.26. The number of nitrogens with zero attached hydrogens (tertiary/aromatic N) is 1. The van der Waals surface area contributed by atoms with Gasteiger partial charge >= 0.3 is 11.9 Å². The van der Waals surface area contributed by atoms with E-state index < -0.39 is 11.9 Å². The molecule has 0 N–H and O–H groups in total. The van der Waals surface area contributed by atoms with Gasteiger partial charge in [-0.25, -0.2) is 9.59 Å². The van der Waals surface area contributed by atoms with E-state index in [1.807, 2.05) is 0 Å². The monoisotopic (exact) mass is 241 g/mol. The van der Waals surface area contributed by atoms with E-state index in [9.17, 15) is 14.4 Å². The van der Waals surface area contributed by atoms with Crippen LogP contribution in [0.5, 0.6) is 0 Å². The molecule has 0 aromatic heterocycles. The Morgan fingerprint density at radius 1 is 1.24 bits per heavy atom. The number of ether oxygens (including phenoxy) is 2. The Labute approximate surface area is 99.2 Å². The molecule has 6 nitrogen and oxygen atoms in total. The summed E-state index contributed by atoms with van der Waals surface area (Å²) in [5.74, 6) is -1.25. The summed E-state index contributed by atoms with van der Waals surface area (Å²) in [4.78, 5) is 34.7. The van der Waals surface area contributed by atoms with Crippen LogP contribution in [0.2, 0.25) is 0 Å². The lowest BCUT2D eigenvalue weighted by Gasteiger charge is -2.13. The van der Waals surface area contributed by atoms with E-state index in [4.69, 9.17) is 4.74 Å². The van der Waals surface area contributed by atoms with Crippen molar-refractivity contribution in [1.29, 1.82) is 0 Å². The zero-order valence-electron chi connectivity index (χ0n) is 9.84. The molecule has 1 aliphatic rings. The molecule has 1 heterocycles. The summed E-state index contributed by atoms with van der Waals surface area (Å²) in [6.45, 7) is 2.47. The standard InChI is InChI=1S/C11H15NO5/c1-8(13)12-6-5-9(7-12)17-11(15)4-3-10(14)16-2/h3-4,9H,5-7H2,1-2H3/b4-3+/t9-/m1/s1. The number of methoxy groups -OCH3 is 1. The summed E-state index contributed by atoms with van der Waals surface area (Å²) in [6, 6.07) is 0. The second-order valence-corrected chi connectivity index (χ2v) is 3.67. The molecule has 1 aliphatic heterocycles. The lowest BCUT2D eigenvalue weighted by atomic mass is 10.3. The molecule has 0 unspecified atom stereocenters. The zero-order valence-corrected chi connectivity index (χ0v) is 9.84. The number of esters is 2. The fraction of sp³-hybridized carbons (Fsp3) is 0.545. The van der Waals surface area contributed by atoms with Gasteiger partial charge in [0.05, 0.1) is 13.7 Å². The number of carbonyl (C=O) groups excluding carboxylic acids is 3.